The van der Waals surface area contributed by atoms with E-state index in [9.17, 15) is 14.0 Å². The Morgan fingerprint density at radius 2 is 2.18 bits per heavy atom. The summed E-state index contributed by atoms with van der Waals surface area (Å²) in [4.78, 5) is 23.3. The zero-order chi connectivity index (χ0) is 12.9. The van der Waals surface area contributed by atoms with Crippen LogP contribution in [0.25, 0.3) is 0 Å². The summed E-state index contributed by atoms with van der Waals surface area (Å²) in [5, 5.41) is 8.66. The number of carbonyl (C=O) groups excluding carboxylic acids is 1. The van der Waals surface area contributed by atoms with Crippen LogP contribution in [0.3, 0.4) is 0 Å². The van der Waals surface area contributed by atoms with Crippen LogP contribution < -0.4 is 0 Å². The summed E-state index contributed by atoms with van der Waals surface area (Å²) in [6.45, 7) is 0.161. The van der Waals surface area contributed by atoms with Crippen molar-refractivity contribution in [2.75, 3.05) is 40.0 Å². The van der Waals surface area contributed by atoms with Crippen molar-refractivity contribution in [2.24, 2.45) is 0 Å². The smallest absolute Gasteiger partial charge is 0.343 e. The Balaban J connectivity index is 2.33. The van der Waals surface area contributed by atoms with Gasteiger partial charge in [-0.2, -0.15) is 0 Å². The van der Waals surface area contributed by atoms with E-state index in [-0.39, 0.29) is 26.2 Å². The average Bonchev–Trinajstić information content (AvgIpc) is 2.69. The number of hydrogen-bond acceptors (Lipinski definition) is 4. The first kappa shape index (κ1) is 13.9. The number of ether oxygens (including phenoxy) is 2. The van der Waals surface area contributed by atoms with Gasteiger partial charge in [-0.3, -0.25) is 4.79 Å². The van der Waals surface area contributed by atoms with Crippen LogP contribution >= 0.6 is 0 Å². The summed E-state index contributed by atoms with van der Waals surface area (Å²) in [5.74, 6) is -1.92. The zero-order valence-corrected chi connectivity index (χ0v) is 9.65. The van der Waals surface area contributed by atoms with Crippen LogP contribution in [0.4, 0.5) is 4.39 Å². The molecule has 0 aromatic heterocycles. The second-order valence-electron chi connectivity index (χ2n) is 3.88. The lowest BCUT2D eigenvalue weighted by Crippen LogP contribution is -2.40. The van der Waals surface area contributed by atoms with Gasteiger partial charge >= 0.3 is 5.97 Å². The van der Waals surface area contributed by atoms with Crippen LogP contribution in [0.15, 0.2) is 0 Å². The predicted molar refractivity (Wildman–Crippen MR) is 55.4 cm³/mol. The fourth-order valence-electron chi connectivity index (χ4n) is 1.55. The zero-order valence-electron chi connectivity index (χ0n) is 9.65. The summed E-state index contributed by atoms with van der Waals surface area (Å²) in [6, 6.07) is 0. The molecule has 0 bridgehead atoms. The number of carboxylic acid groups (broad SMARTS) is 1. The first-order valence-electron chi connectivity index (χ1n) is 5.26. The van der Waals surface area contributed by atoms with Crippen LogP contribution in [0.1, 0.15) is 6.42 Å². The lowest BCUT2D eigenvalue weighted by Gasteiger charge is -2.17. The highest BCUT2D eigenvalue weighted by molar-refractivity contribution is 5.82. The molecule has 1 unspecified atom stereocenters. The number of alkyl halides is 1. The maximum Gasteiger partial charge on any atom is 0.343 e. The summed E-state index contributed by atoms with van der Waals surface area (Å²) >= 11 is 0. The number of carboxylic acids is 1. The Morgan fingerprint density at radius 3 is 2.71 bits per heavy atom. The third kappa shape index (κ3) is 3.64. The molecule has 1 rings (SSSR count). The van der Waals surface area contributed by atoms with Crippen molar-refractivity contribution in [3.63, 3.8) is 0 Å². The minimum absolute atomic E-state index is 0.106. The Kier molecular flexibility index (Phi) is 4.83. The monoisotopic (exact) mass is 249 g/mol. The summed E-state index contributed by atoms with van der Waals surface area (Å²) in [6.07, 6.45) is -0.174. The number of halogens is 1. The number of hydrogen-bond donors (Lipinski definition) is 1. The molecule has 1 atom stereocenters. The fraction of sp³-hybridized carbons (Fsp3) is 0.800. The van der Waals surface area contributed by atoms with Gasteiger partial charge in [0.1, 0.15) is 6.61 Å². The van der Waals surface area contributed by atoms with Crippen molar-refractivity contribution in [2.45, 2.75) is 12.1 Å². The topological polar surface area (TPSA) is 76.1 Å². The van der Waals surface area contributed by atoms with Gasteiger partial charge in [-0.1, -0.05) is 0 Å². The molecule has 0 aliphatic carbocycles. The normalized spacial score (nSPS) is 24.0. The molecule has 1 amide bonds. The second kappa shape index (κ2) is 5.92. The molecule has 1 fully saturated rings. The highest BCUT2D eigenvalue weighted by Crippen LogP contribution is 2.25. The number of carbonyl (C=O) groups is 2. The van der Waals surface area contributed by atoms with E-state index in [0.29, 0.717) is 6.61 Å². The maximum atomic E-state index is 13.6. The van der Waals surface area contributed by atoms with Crippen LogP contribution in [-0.4, -0.2) is 67.6 Å². The Hall–Kier alpha value is -1.21. The third-order valence-corrected chi connectivity index (χ3v) is 2.61. The second-order valence-corrected chi connectivity index (χ2v) is 3.88. The average molecular weight is 249 g/mol. The number of nitrogens with zero attached hydrogens (tertiary/aromatic N) is 1. The maximum absolute atomic E-state index is 13.6. The summed E-state index contributed by atoms with van der Waals surface area (Å²) in [7, 11) is 1.51. The molecule has 6 nitrogen and oxygen atoms in total. The van der Waals surface area contributed by atoms with Gasteiger partial charge in [-0.15, -0.1) is 0 Å². The van der Waals surface area contributed by atoms with Gasteiger partial charge in [0.25, 0.3) is 0 Å². The molecule has 1 N–H and O–H groups in total. The number of aliphatic carboxylic acids is 1. The first-order chi connectivity index (χ1) is 7.99. The van der Waals surface area contributed by atoms with E-state index in [1.54, 1.807) is 0 Å². The highest BCUT2D eigenvalue weighted by atomic mass is 19.1. The minimum Gasteiger partial charge on any atom is -0.479 e. The van der Waals surface area contributed by atoms with E-state index >= 15 is 0 Å². The van der Waals surface area contributed by atoms with E-state index in [1.807, 2.05) is 0 Å². The number of rotatable bonds is 6. The molecular formula is C10H16FNO5. The molecule has 0 spiro atoms. The molecule has 98 valence electrons. The van der Waals surface area contributed by atoms with E-state index in [2.05, 4.69) is 0 Å². The van der Waals surface area contributed by atoms with Gasteiger partial charge in [0.15, 0.2) is 0 Å². The van der Waals surface area contributed by atoms with Gasteiger partial charge in [0.05, 0.1) is 19.8 Å². The predicted octanol–water partition coefficient (Wildman–Crippen LogP) is -0.325. The van der Waals surface area contributed by atoms with Crippen molar-refractivity contribution in [3.8, 4) is 0 Å². The standard InChI is InChI=1S/C10H16FNO5/c1-16-4-5-17-6-8(13)12-3-2-10(11,7-12)9(14)15/h2-7H2,1H3,(H,14,15). The minimum atomic E-state index is -2.32. The number of methoxy groups -OCH3 is 1. The molecule has 0 aromatic carbocycles. The van der Waals surface area contributed by atoms with Gasteiger partial charge in [0.2, 0.25) is 11.6 Å². The Morgan fingerprint density at radius 1 is 1.47 bits per heavy atom. The van der Waals surface area contributed by atoms with Crippen LogP contribution in [0.2, 0.25) is 0 Å². The van der Waals surface area contributed by atoms with Crippen molar-refractivity contribution >= 4 is 11.9 Å². The molecule has 17 heavy (non-hydrogen) atoms. The molecule has 1 saturated heterocycles. The SMILES string of the molecule is COCCOCC(=O)N1CCC(F)(C(=O)O)C1. The van der Waals surface area contributed by atoms with Crippen LogP contribution in [0.5, 0.6) is 0 Å². The fourth-order valence-corrected chi connectivity index (χ4v) is 1.55. The van der Waals surface area contributed by atoms with Crippen LogP contribution in [-0.2, 0) is 19.1 Å². The van der Waals surface area contributed by atoms with Crippen molar-refractivity contribution in [3.05, 3.63) is 0 Å². The van der Waals surface area contributed by atoms with Gasteiger partial charge in [0, 0.05) is 20.1 Å². The lowest BCUT2D eigenvalue weighted by atomic mass is 10.1. The molecule has 0 radical (unpaired) electrons. The van der Waals surface area contributed by atoms with Crippen molar-refractivity contribution < 1.29 is 28.6 Å². The molecule has 1 aliphatic heterocycles. The molecule has 0 saturated carbocycles. The number of likely N-dealkylation sites (tertiary alicyclic amines) is 1. The largest absolute Gasteiger partial charge is 0.479 e. The van der Waals surface area contributed by atoms with Crippen LogP contribution in [0, 0.1) is 0 Å². The van der Waals surface area contributed by atoms with Gasteiger partial charge in [-0.25, -0.2) is 9.18 Å². The van der Waals surface area contributed by atoms with Gasteiger partial charge < -0.3 is 19.5 Å². The van der Waals surface area contributed by atoms with E-state index in [4.69, 9.17) is 14.6 Å². The Bertz CT molecular complexity index is 298. The van der Waals surface area contributed by atoms with Gasteiger partial charge in [-0.05, 0) is 0 Å². The van der Waals surface area contributed by atoms with Crippen molar-refractivity contribution in [1.82, 2.24) is 4.90 Å². The number of amides is 1. The third-order valence-electron chi connectivity index (χ3n) is 2.61. The summed E-state index contributed by atoms with van der Waals surface area (Å²) in [5.41, 5.74) is -2.32. The molecular weight excluding hydrogens is 233 g/mol. The molecule has 0 aromatic rings. The molecule has 1 aliphatic rings. The van der Waals surface area contributed by atoms with E-state index in [0.717, 1.165) is 0 Å². The first-order valence-corrected chi connectivity index (χ1v) is 5.26. The van der Waals surface area contributed by atoms with E-state index in [1.165, 1.54) is 12.0 Å². The molecule has 1 heterocycles. The molecule has 7 heteroatoms. The van der Waals surface area contributed by atoms with E-state index < -0.39 is 24.1 Å². The Labute approximate surface area is 98.3 Å². The lowest BCUT2D eigenvalue weighted by molar-refractivity contribution is -0.150. The quantitative estimate of drug-likeness (QED) is 0.653. The van der Waals surface area contributed by atoms with Crippen molar-refractivity contribution in [1.29, 1.82) is 0 Å². The summed E-state index contributed by atoms with van der Waals surface area (Å²) < 4.78 is 23.4. The highest BCUT2D eigenvalue weighted by Gasteiger charge is 2.46.